The number of hydrogen-bond donors (Lipinski definition) is 2. The average Bonchev–Trinajstić information content (AvgIpc) is 2.64. The monoisotopic (exact) mass is 229 g/mol. The highest BCUT2D eigenvalue weighted by Gasteiger charge is 2.12. The van der Waals surface area contributed by atoms with E-state index in [9.17, 15) is 9.59 Å². The number of methoxy groups -OCH3 is 1. The van der Waals surface area contributed by atoms with Crippen molar-refractivity contribution in [2.75, 3.05) is 19.0 Å². The molecule has 0 aliphatic heterocycles. The molecule has 1 aromatic heterocycles. The molecule has 82 valence electrons. The molecule has 0 spiro atoms. The third kappa shape index (κ3) is 3.25. The van der Waals surface area contributed by atoms with E-state index in [4.69, 9.17) is 5.11 Å². The lowest BCUT2D eigenvalue weighted by atomic mass is 10.3. The number of esters is 1. The highest BCUT2D eigenvalue weighted by atomic mass is 32.1. The standard InChI is InChI=1S/C9H11NO4S/c1-14-9(13)6-3-5-15-8(6)10-4-2-7(11)12/h3,5,10H,2,4H2,1H3,(H,11,12). The fraction of sp³-hybridized carbons (Fsp3) is 0.333. The first-order chi connectivity index (χ1) is 7.15. The molecular formula is C9H11NO4S. The van der Waals surface area contributed by atoms with Crippen LogP contribution in [0, 0.1) is 0 Å². The Labute approximate surface area is 90.7 Å². The fourth-order valence-electron chi connectivity index (χ4n) is 1.000. The zero-order chi connectivity index (χ0) is 11.3. The van der Waals surface area contributed by atoms with Gasteiger partial charge in [-0.1, -0.05) is 0 Å². The summed E-state index contributed by atoms with van der Waals surface area (Å²) in [7, 11) is 1.31. The van der Waals surface area contributed by atoms with Crippen molar-refractivity contribution in [3.05, 3.63) is 17.0 Å². The minimum absolute atomic E-state index is 0.0124. The molecule has 0 unspecified atom stereocenters. The lowest BCUT2D eigenvalue weighted by Crippen LogP contribution is -2.09. The summed E-state index contributed by atoms with van der Waals surface area (Å²) >= 11 is 1.34. The smallest absolute Gasteiger partial charge is 0.340 e. The molecule has 15 heavy (non-hydrogen) atoms. The van der Waals surface area contributed by atoms with Crippen molar-refractivity contribution in [3.8, 4) is 0 Å². The predicted molar refractivity (Wildman–Crippen MR) is 56.4 cm³/mol. The van der Waals surface area contributed by atoms with Crippen molar-refractivity contribution in [2.45, 2.75) is 6.42 Å². The first-order valence-electron chi connectivity index (χ1n) is 4.26. The lowest BCUT2D eigenvalue weighted by molar-refractivity contribution is -0.136. The molecule has 5 nitrogen and oxygen atoms in total. The molecule has 0 aromatic carbocycles. The number of carboxylic acids is 1. The van der Waals surface area contributed by atoms with Crippen LogP contribution in [0.25, 0.3) is 0 Å². The minimum atomic E-state index is -0.876. The van der Waals surface area contributed by atoms with Crippen molar-refractivity contribution < 1.29 is 19.4 Å². The van der Waals surface area contributed by atoms with E-state index in [1.807, 2.05) is 0 Å². The second kappa shape index (κ2) is 5.35. The van der Waals surface area contributed by atoms with E-state index in [2.05, 4.69) is 10.1 Å². The van der Waals surface area contributed by atoms with Gasteiger partial charge in [0.1, 0.15) is 5.00 Å². The van der Waals surface area contributed by atoms with Gasteiger partial charge in [0.05, 0.1) is 19.1 Å². The van der Waals surface area contributed by atoms with Crippen molar-refractivity contribution in [1.82, 2.24) is 0 Å². The van der Waals surface area contributed by atoms with E-state index < -0.39 is 11.9 Å². The summed E-state index contributed by atoms with van der Waals surface area (Å²) in [4.78, 5) is 21.5. The molecule has 0 amide bonds. The van der Waals surface area contributed by atoms with Crippen molar-refractivity contribution in [3.63, 3.8) is 0 Å². The number of anilines is 1. The number of carbonyl (C=O) groups excluding carboxylic acids is 1. The number of rotatable bonds is 5. The van der Waals surface area contributed by atoms with Crippen molar-refractivity contribution in [2.24, 2.45) is 0 Å². The molecule has 0 atom stereocenters. The quantitative estimate of drug-likeness (QED) is 0.747. The molecule has 6 heteroatoms. The summed E-state index contributed by atoms with van der Waals surface area (Å²) in [5, 5.41) is 13.7. The number of carbonyl (C=O) groups is 2. The third-order valence-electron chi connectivity index (χ3n) is 1.69. The van der Waals surface area contributed by atoms with Crippen molar-refractivity contribution >= 4 is 28.3 Å². The van der Waals surface area contributed by atoms with Gasteiger partial charge in [-0.15, -0.1) is 11.3 Å². The first-order valence-corrected chi connectivity index (χ1v) is 5.14. The predicted octanol–water partition coefficient (Wildman–Crippen LogP) is 1.42. The SMILES string of the molecule is COC(=O)c1ccsc1NCCC(=O)O. The number of aliphatic carboxylic acids is 1. The Morgan fingerprint density at radius 2 is 2.33 bits per heavy atom. The van der Waals surface area contributed by atoms with Crippen LogP contribution in [-0.4, -0.2) is 30.7 Å². The van der Waals surface area contributed by atoms with E-state index in [0.29, 0.717) is 17.1 Å². The van der Waals surface area contributed by atoms with Crippen LogP contribution >= 0.6 is 11.3 Å². The number of nitrogens with one attached hydrogen (secondary N) is 1. The molecule has 2 N–H and O–H groups in total. The van der Waals surface area contributed by atoms with E-state index in [0.717, 1.165) is 0 Å². The fourth-order valence-corrected chi connectivity index (χ4v) is 1.80. The van der Waals surface area contributed by atoms with Crippen LogP contribution in [0.3, 0.4) is 0 Å². The first kappa shape index (κ1) is 11.5. The van der Waals surface area contributed by atoms with Gasteiger partial charge in [-0.05, 0) is 11.4 Å². The van der Waals surface area contributed by atoms with Gasteiger partial charge in [0.25, 0.3) is 0 Å². The minimum Gasteiger partial charge on any atom is -0.481 e. The Bertz CT molecular complexity index is 361. The molecular weight excluding hydrogens is 218 g/mol. The number of carboxylic acid groups (broad SMARTS) is 1. The molecule has 0 bridgehead atoms. The Hall–Kier alpha value is -1.56. The van der Waals surface area contributed by atoms with Gasteiger partial charge < -0.3 is 15.2 Å². The summed E-state index contributed by atoms with van der Waals surface area (Å²) < 4.78 is 4.57. The Morgan fingerprint density at radius 1 is 1.60 bits per heavy atom. The van der Waals surface area contributed by atoms with E-state index >= 15 is 0 Å². The molecule has 0 saturated heterocycles. The van der Waals surface area contributed by atoms with Crippen molar-refractivity contribution in [1.29, 1.82) is 0 Å². The van der Waals surface area contributed by atoms with Crippen LogP contribution in [0.5, 0.6) is 0 Å². The normalized spacial score (nSPS) is 9.67. The highest BCUT2D eigenvalue weighted by Crippen LogP contribution is 2.23. The summed E-state index contributed by atoms with van der Waals surface area (Å²) in [6, 6.07) is 1.64. The number of thiophene rings is 1. The molecule has 0 saturated carbocycles. The van der Waals surface area contributed by atoms with E-state index in [1.165, 1.54) is 18.4 Å². The number of ether oxygens (including phenoxy) is 1. The molecule has 0 aliphatic carbocycles. The topological polar surface area (TPSA) is 75.6 Å². The zero-order valence-electron chi connectivity index (χ0n) is 8.15. The lowest BCUT2D eigenvalue weighted by Gasteiger charge is -2.04. The molecule has 0 radical (unpaired) electrons. The molecule has 0 aliphatic rings. The Balaban J connectivity index is 2.57. The summed E-state index contributed by atoms with van der Waals surface area (Å²) in [6.07, 6.45) is 0.0124. The second-order valence-electron chi connectivity index (χ2n) is 2.73. The van der Waals surface area contributed by atoms with Crippen LogP contribution in [0.2, 0.25) is 0 Å². The molecule has 1 heterocycles. The Morgan fingerprint density at radius 3 is 2.93 bits per heavy atom. The van der Waals surface area contributed by atoms with Crippen LogP contribution in [0.1, 0.15) is 16.8 Å². The largest absolute Gasteiger partial charge is 0.481 e. The van der Waals surface area contributed by atoms with Gasteiger partial charge in [-0.3, -0.25) is 4.79 Å². The molecule has 0 fully saturated rings. The molecule has 1 aromatic rings. The maximum absolute atomic E-state index is 11.2. The molecule has 1 rings (SSSR count). The zero-order valence-corrected chi connectivity index (χ0v) is 8.97. The van der Waals surface area contributed by atoms with Gasteiger partial charge >= 0.3 is 11.9 Å². The van der Waals surface area contributed by atoms with Gasteiger partial charge in [-0.25, -0.2) is 4.79 Å². The van der Waals surface area contributed by atoms with Crippen LogP contribution in [0.4, 0.5) is 5.00 Å². The summed E-state index contributed by atoms with van der Waals surface area (Å²) in [5.41, 5.74) is 0.438. The third-order valence-corrected chi connectivity index (χ3v) is 2.57. The van der Waals surface area contributed by atoms with Gasteiger partial charge in [0.2, 0.25) is 0 Å². The van der Waals surface area contributed by atoms with Crippen LogP contribution in [-0.2, 0) is 9.53 Å². The maximum atomic E-state index is 11.2. The second-order valence-corrected chi connectivity index (χ2v) is 3.64. The summed E-state index contributed by atoms with van der Waals surface area (Å²) in [6.45, 7) is 0.292. The highest BCUT2D eigenvalue weighted by molar-refractivity contribution is 7.14. The van der Waals surface area contributed by atoms with E-state index in [-0.39, 0.29) is 6.42 Å². The van der Waals surface area contributed by atoms with Gasteiger partial charge in [-0.2, -0.15) is 0 Å². The van der Waals surface area contributed by atoms with E-state index in [1.54, 1.807) is 11.4 Å². The van der Waals surface area contributed by atoms with Crippen LogP contribution in [0.15, 0.2) is 11.4 Å². The maximum Gasteiger partial charge on any atom is 0.340 e. The Kier molecular flexibility index (Phi) is 4.11. The van der Waals surface area contributed by atoms with Crippen LogP contribution < -0.4 is 5.32 Å². The summed E-state index contributed by atoms with van der Waals surface area (Å²) in [5.74, 6) is -1.30. The van der Waals surface area contributed by atoms with Gasteiger partial charge in [0, 0.05) is 6.54 Å². The average molecular weight is 229 g/mol. The van der Waals surface area contributed by atoms with Gasteiger partial charge in [0.15, 0.2) is 0 Å². The number of hydrogen-bond acceptors (Lipinski definition) is 5.